The van der Waals surface area contributed by atoms with Crippen LogP contribution in [0.15, 0.2) is 18.2 Å². The molecule has 1 fully saturated rings. The lowest BCUT2D eigenvalue weighted by Crippen LogP contribution is -2.60. The van der Waals surface area contributed by atoms with Crippen molar-refractivity contribution in [2.45, 2.75) is 68.5 Å². The van der Waals surface area contributed by atoms with Crippen molar-refractivity contribution in [1.29, 1.82) is 0 Å². The van der Waals surface area contributed by atoms with Gasteiger partial charge in [-0.2, -0.15) is 0 Å². The van der Waals surface area contributed by atoms with E-state index in [0.717, 1.165) is 74.2 Å². The first kappa shape index (κ1) is 24.3. The summed E-state index contributed by atoms with van der Waals surface area (Å²) in [6.45, 7) is 4.03. The molecule has 7 rings (SSSR count). The minimum atomic E-state index is -0.306. The van der Waals surface area contributed by atoms with Gasteiger partial charge in [0.2, 0.25) is 0 Å². The highest BCUT2D eigenvalue weighted by molar-refractivity contribution is 5.88. The molecule has 3 aromatic rings. The maximum Gasteiger partial charge on any atom is 0.162 e. The number of aromatic amines is 1. The molecule has 38 heavy (non-hydrogen) atoms. The van der Waals surface area contributed by atoms with E-state index >= 15 is 0 Å². The number of fused-ring (bicyclic) bond motifs is 5. The number of aromatic hydroxyl groups is 1. The Hall–Kier alpha value is -2.74. The number of benzene rings is 2. The maximum absolute atomic E-state index is 11.5. The fourth-order valence-electron chi connectivity index (χ4n) is 8.55. The summed E-state index contributed by atoms with van der Waals surface area (Å²) in [5.74, 6) is 2.00. The standard InChI is InChI=1S/C31H39N3O4/c1-17-12-18-7-11-34(2)22-15-30(27(26(18)22)28(17)35)8-9-31(25(16-30)38-5)29-19(6-10-32-31)20-13-23(36-3)24(37-4)14-21(20)33-29/h12-14,22,25,32-33,35H,6-11,15-16H2,1-5H3. The molecule has 0 bridgehead atoms. The van der Waals surface area contributed by atoms with Crippen molar-refractivity contribution in [2.24, 2.45) is 0 Å². The zero-order valence-corrected chi connectivity index (χ0v) is 23.2. The monoisotopic (exact) mass is 517 g/mol. The zero-order valence-electron chi connectivity index (χ0n) is 23.2. The Balaban J connectivity index is 1.35. The molecule has 7 nitrogen and oxygen atoms in total. The third-order valence-electron chi connectivity index (χ3n) is 10.4. The van der Waals surface area contributed by atoms with Gasteiger partial charge in [0.1, 0.15) is 5.75 Å². The van der Waals surface area contributed by atoms with E-state index in [4.69, 9.17) is 14.2 Å². The van der Waals surface area contributed by atoms with Crippen LogP contribution in [0.1, 0.15) is 65.2 Å². The first-order chi connectivity index (χ1) is 18.4. The van der Waals surface area contributed by atoms with Gasteiger partial charge in [-0.25, -0.2) is 0 Å². The second-order valence-corrected chi connectivity index (χ2v) is 12.0. The molecule has 3 N–H and O–H groups in total. The zero-order chi connectivity index (χ0) is 26.4. The van der Waals surface area contributed by atoms with Gasteiger partial charge in [0, 0.05) is 59.9 Å². The Bertz CT molecular complexity index is 1450. The summed E-state index contributed by atoms with van der Waals surface area (Å²) in [6.07, 6.45) is 5.85. The Morgan fingerprint density at radius 2 is 1.82 bits per heavy atom. The van der Waals surface area contributed by atoms with Crippen LogP contribution < -0.4 is 14.8 Å². The second-order valence-electron chi connectivity index (χ2n) is 12.0. The average molecular weight is 518 g/mol. The lowest BCUT2D eigenvalue weighted by Gasteiger charge is -2.52. The molecule has 0 saturated heterocycles. The first-order valence-electron chi connectivity index (χ1n) is 14.0. The number of methoxy groups -OCH3 is 3. The lowest BCUT2D eigenvalue weighted by molar-refractivity contribution is -0.0481. The number of hydrogen-bond donors (Lipinski definition) is 3. The molecule has 0 radical (unpaired) electrons. The van der Waals surface area contributed by atoms with E-state index in [1.807, 2.05) is 7.11 Å². The minimum Gasteiger partial charge on any atom is -0.507 e. The number of likely N-dealkylation sites (N-methyl/N-ethyl adjacent to an activating group) is 1. The fourth-order valence-corrected chi connectivity index (χ4v) is 8.55. The van der Waals surface area contributed by atoms with Crippen LogP contribution in [0, 0.1) is 6.92 Å². The van der Waals surface area contributed by atoms with Crippen molar-refractivity contribution in [3.05, 3.63) is 51.7 Å². The highest BCUT2D eigenvalue weighted by atomic mass is 16.5. The van der Waals surface area contributed by atoms with Crippen molar-refractivity contribution in [1.82, 2.24) is 15.2 Å². The van der Waals surface area contributed by atoms with Crippen LogP contribution >= 0.6 is 0 Å². The van der Waals surface area contributed by atoms with Crippen LogP contribution in [0.3, 0.4) is 0 Å². The van der Waals surface area contributed by atoms with Crippen molar-refractivity contribution >= 4 is 10.9 Å². The summed E-state index contributed by atoms with van der Waals surface area (Å²) in [7, 11) is 7.47. The Kier molecular flexibility index (Phi) is 5.36. The third-order valence-corrected chi connectivity index (χ3v) is 10.4. The number of phenols is 1. The molecular weight excluding hydrogens is 478 g/mol. The number of nitrogens with zero attached hydrogens (tertiary/aromatic N) is 1. The van der Waals surface area contributed by atoms with Crippen molar-refractivity contribution in [3.8, 4) is 17.2 Å². The van der Waals surface area contributed by atoms with Gasteiger partial charge in [-0.15, -0.1) is 0 Å². The van der Waals surface area contributed by atoms with E-state index < -0.39 is 0 Å². The third kappa shape index (κ3) is 3.07. The topological polar surface area (TPSA) is 79.0 Å². The summed E-state index contributed by atoms with van der Waals surface area (Å²) in [4.78, 5) is 6.29. The van der Waals surface area contributed by atoms with Crippen LogP contribution in [-0.2, 0) is 28.5 Å². The molecule has 0 amide bonds. The van der Waals surface area contributed by atoms with Crippen molar-refractivity contribution in [3.63, 3.8) is 0 Å². The van der Waals surface area contributed by atoms with E-state index in [-0.39, 0.29) is 17.1 Å². The van der Waals surface area contributed by atoms with Crippen LogP contribution in [0.5, 0.6) is 17.2 Å². The summed E-state index contributed by atoms with van der Waals surface area (Å²) in [6, 6.07) is 6.76. The number of hydrogen-bond acceptors (Lipinski definition) is 6. The number of aryl methyl sites for hydroxylation is 1. The fraction of sp³-hybridized carbons (Fsp3) is 0.548. The Labute approximate surface area is 224 Å². The molecule has 4 unspecified atom stereocenters. The molecule has 2 aromatic carbocycles. The highest BCUT2D eigenvalue weighted by Crippen LogP contribution is 2.62. The number of aromatic nitrogens is 1. The van der Waals surface area contributed by atoms with Crippen molar-refractivity contribution < 1.29 is 19.3 Å². The molecule has 7 heteroatoms. The average Bonchev–Trinajstić information content (AvgIpc) is 3.47. The van der Waals surface area contributed by atoms with Gasteiger partial charge in [0.05, 0.1) is 25.9 Å². The number of phenolic OH excluding ortho intramolecular Hbond substituents is 1. The maximum atomic E-state index is 11.5. The first-order valence-corrected chi connectivity index (χ1v) is 14.0. The van der Waals surface area contributed by atoms with Gasteiger partial charge >= 0.3 is 0 Å². The van der Waals surface area contributed by atoms with Gasteiger partial charge in [0.15, 0.2) is 11.5 Å². The molecule has 3 heterocycles. The Morgan fingerprint density at radius 3 is 2.58 bits per heavy atom. The smallest absolute Gasteiger partial charge is 0.162 e. The van der Waals surface area contributed by atoms with E-state index in [9.17, 15) is 5.11 Å². The number of H-pyrrole nitrogens is 1. The predicted molar refractivity (Wildman–Crippen MR) is 148 cm³/mol. The molecule has 4 aliphatic rings. The van der Waals surface area contributed by atoms with Crippen LogP contribution in [0.4, 0.5) is 0 Å². The summed E-state index contributed by atoms with van der Waals surface area (Å²) in [5, 5.41) is 16.6. The van der Waals surface area contributed by atoms with Gasteiger partial charge in [-0.3, -0.25) is 4.90 Å². The summed E-state index contributed by atoms with van der Waals surface area (Å²) >= 11 is 0. The van der Waals surface area contributed by atoms with Gasteiger partial charge in [-0.1, -0.05) is 6.07 Å². The number of nitrogens with one attached hydrogen (secondary N) is 2. The molecule has 2 spiro atoms. The number of ether oxygens (including phenoxy) is 3. The van der Waals surface area contributed by atoms with Crippen molar-refractivity contribution in [2.75, 3.05) is 41.5 Å². The quantitative estimate of drug-likeness (QED) is 0.471. The van der Waals surface area contributed by atoms with E-state index in [1.165, 1.54) is 33.3 Å². The van der Waals surface area contributed by atoms with Gasteiger partial charge < -0.3 is 29.6 Å². The molecule has 202 valence electrons. The number of rotatable bonds is 3. The largest absolute Gasteiger partial charge is 0.507 e. The molecular formula is C31H39N3O4. The van der Waals surface area contributed by atoms with E-state index in [2.05, 4.69) is 47.4 Å². The highest BCUT2D eigenvalue weighted by Gasteiger charge is 2.58. The van der Waals surface area contributed by atoms with Crippen LogP contribution in [-0.4, -0.2) is 62.6 Å². The SMILES string of the molecule is COc1cc2[nH]c3c(c2cc1OC)CCNC31CCC2(CC3c4c(cc(C)c(O)c42)CCN3C)CC1OC. The minimum absolute atomic E-state index is 0.0341. The van der Waals surface area contributed by atoms with E-state index in [0.29, 0.717) is 11.8 Å². The van der Waals surface area contributed by atoms with Crippen LogP contribution in [0.25, 0.3) is 10.9 Å². The second kappa shape index (κ2) is 8.38. The van der Waals surface area contributed by atoms with Gasteiger partial charge in [-0.05, 0) is 80.8 Å². The predicted octanol–water partition coefficient (Wildman–Crippen LogP) is 4.61. The molecule has 4 atom stereocenters. The van der Waals surface area contributed by atoms with Gasteiger partial charge in [0.25, 0.3) is 0 Å². The van der Waals surface area contributed by atoms with E-state index in [1.54, 1.807) is 14.2 Å². The summed E-state index contributed by atoms with van der Waals surface area (Å²) in [5.41, 5.74) is 8.31. The molecule has 2 aliphatic carbocycles. The normalized spacial score (nSPS) is 30.1. The molecule has 1 saturated carbocycles. The Morgan fingerprint density at radius 1 is 1.03 bits per heavy atom. The molecule has 1 aromatic heterocycles. The van der Waals surface area contributed by atoms with Crippen LogP contribution in [0.2, 0.25) is 0 Å². The molecule has 2 aliphatic heterocycles. The lowest BCUT2D eigenvalue weighted by atomic mass is 9.61. The summed E-state index contributed by atoms with van der Waals surface area (Å²) < 4.78 is 17.7.